The topological polar surface area (TPSA) is 84.9 Å². The summed E-state index contributed by atoms with van der Waals surface area (Å²) in [6, 6.07) is 22.0. The zero-order valence-electron chi connectivity index (χ0n) is 18.0. The number of amides is 1. The number of methoxy groups -OCH3 is 1. The van der Waals surface area contributed by atoms with Gasteiger partial charge in [0.1, 0.15) is 18.0 Å². The number of sulfonamides is 1. The normalized spacial score (nSPS) is 10.9. The lowest BCUT2D eigenvalue weighted by Crippen LogP contribution is -2.40. The minimum atomic E-state index is -3.97. The smallest absolute Gasteiger partial charge is 0.264 e. The number of para-hydroxylation sites is 1. The molecule has 0 aliphatic carbocycles. The molecular weight excluding hydrogens is 428 g/mol. The summed E-state index contributed by atoms with van der Waals surface area (Å²) in [7, 11) is -2.47. The van der Waals surface area contributed by atoms with Crippen LogP contribution < -0.4 is 19.1 Å². The Morgan fingerprint density at radius 3 is 2.31 bits per heavy atom. The molecule has 3 aromatic carbocycles. The summed E-state index contributed by atoms with van der Waals surface area (Å²) in [4.78, 5) is 12.8. The zero-order chi connectivity index (χ0) is 23.0. The molecule has 168 valence electrons. The maximum atomic E-state index is 13.3. The molecule has 0 bridgehead atoms. The van der Waals surface area contributed by atoms with Crippen LogP contribution in [0.25, 0.3) is 0 Å². The van der Waals surface area contributed by atoms with Gasteiger partial charge in [0.2, 0.25) is 5.91 Å². The molecule has 32 heavy (non-hydrogen) atoms. The third-order valence-corrected chi connectivity index (χ3v) is 6.47. The molecule has 8 heteroatoms. The molecule has 0 heterocycles. The molecule has 0 aromatic heterocycles. The number of benzene rings is 3. The van der Waals surface area contributed by atoms with E-state index >= 15 is 0 Å². The Hall–Kier alpha value is -3.52. The number of nitrogens with zero attached hydrogens (tertiary/aromatic N) is 1. The SMILES string of the molecule is CCOc1cccc(CNC(=O)CN(c2ccccc2)S(=O)(=O)c2ccc(OC)cc2)c1. The maximum Gasteiger partial charge on any atom is 0.264 e. The Kier molecular flexibility index (Phi) is 7.72. The van der Waals surface area contributed by atoms with E-state index in [0.717, 1.165) is 9.87 Å². The Bertz CT molecular complexity index is 1130. The molecule has 3 aromatic rings. The first-order valence-electron chi connectivity index (χ1n) is 10.1. The molecule has 0 saturated heterocycles. The van der Waals surface area contributed by atoms with E-state index in [4.69, 9.17) is 9.47 Å². The van der Waals surface area contributed by atoms with Crippen LogP contribution in [0, 0.1) is 0 Å². The van der Waals surface area contributed by atoms with Crippen LogP contribution >= 0.6 is 0 Å². The standard InChI is InChI=1S/C24H26N2O5S/c1-3-31-22-11-7-8-19(16-22)17-25-24(27)18-26(20-9-5-4-6-10-20)32(28,29)23-14-12-21(30-2)13-15-23/h4-16H,3,17-18H2,1-2H3,(H,25,27). The summed E-state index contributed by atoms with van der Waals surface area (Å²) in [5.41, 5.74) is 1.25. The van der Waals surface area contributed by atoms with Crippen molar-refractivity contribution in [2.24, 2.45) is 0 Å². The van der Waals surface area contributed by atoms with Crippen molar-refractivity contribution in [2.45, 2.75) is 18.4 Å². The minimum Gasteiger partial charge on any atom is -0.497 e. The summed E-state index contributed by atoms with van der Waals surface area (Å²) in [6.45, 7) is 2.34. The number of nitrogens with one attached hydrogen (secondary N) is 1. The first-order chi connectivity index (χ1) is 15.4. The Morgan fingerprint density at radius 2 is 1.66 bits per heavy atom. The lowest BCUT2D eigenvalue weighted by atomic mass is 10.2. The lowest BCUT2D eigenvalue weighted by Gasteiger charge is -2.24. The molecule has 0 radical (unpaired) electrons. The number of hydrogen-bond donors (Lipinski definition) is 1. The molecule has 0 spiro atoms. The highest BCUT2D eigenvalue weighted by molar-refractivity contribution is 7.92. The van der Waals surface area contributed by atoms with E-state index < -0.39 is 15.9 Å². The van der Waals surface area contributed by atoms with E-state index in [1.165, 1.54) is 19.2 Å². The third kappa shape index (κ3) is 5.79. The van der Waals surface area contributed by atoms with Gasteiger partial charge in [0.15, 0.2) is 0 Å². The molecule has 1 amide bonds. The predicted molar refractivity (Wildman–Crippen MR) is 123 cm³/mol. The van der Waals surface area contributed by atoms with Gasteiger partial charge in [0.05, 0.1) is 24.3 Å². The van der Waals surface area contributed by atoms with Crippen molar-refractivity contribution in [3.8, 4) is 11.5 Å². The third-order valence-electron chi connectivity index (χ3n) is 4.68. The summed E-state index contributed by atoms with van der Waals surface area (Å²) < 4.78 is 38.4. The average molecular weight is 455 g/mol. The van der Waals surface area contributed by atoms with Gasteiger partial charge in [0.25, 0.3) is 10.0 Å². The molecule has 0 aliphatic rings. The van der Waals surface area contributed by atoms with Crippen LogP contribution in [0.2, 0.25) is 0 Å². The fourth-order valence-corrected chi connectivity index (χ4v) is 4.50. The van der Waals surface area contributed by atoms with Crippen LogP contribution in [0.15, 0.2) is 83.8 Å². The highest BCUT2D eigenvalue weighted by Gasteiger charge is 2.27. The highest BCUT2D eigenvalue weighted by atomic mass is 32.2. The van der Waals surface area contributed by atoms with Gasteiger partial charge in [-0.15, -0.1) is 0 Å². The number of hydrogen-bond acceptors (Lipinski definition) is 5. The Morgan fingerprint density at radius 1 is 0.938 bits per heavy atom. The fraction of sp³-hybridized carbons (Fsp3) is 0.208. The van der Waals surface area contributed by atoms with E-state index in [9.17, 15) is 13.2 Å². The fourth-order valence-electron chi connectivity index (χ4n) is 3.08. The minimum absolute atomic E-state index is 0.0689. The number of anilines is 1. The first kappa shape index (κ1) is 23.1. The summed E-state index contributed by atoms with van der Waals surface area (Å²) in [5, 5.41) is 2.79. The quantitative estimate of drug-likeness (QED) is 0.506. The monoisotopic (exact) mass is 454 g/mol. The van der Waals surface area contributed by atoms with E-state index in [-0.39, 0.29) is 18.0 Å². The van der Waals surface area contributed by atoms with Crippen LogP contribution in [0.3, 0.4) is 0 Å². The van der Waals surface area contributed by atoms with E-state index in [0.29, 0.717) is 23.8 Å². The molecule has 0 atom stereocenters. The molecule has 3 rings (SSSR count). The van der Waals surface area contributed by atoms with Crippen LogP contribution in [0.1, 0.15) is 12.5 Å². The number of ether oxygens (including phenoxy) is 2. The second-order valence-electron chi connectivity index (χ2n) is 6.88. The van der Waals surface area contributed by atoms with E-state index in [2.05, 4.69) is 5.32 Å². The van der Waals surface area contributed by atoms with Gasteiger partial charge in [-0.2, -0.15) is 0 Å². The number of carbonyl (C=O) groups excluding carboxylic acids is 1. The molecule has 0 saturated carbocycles. The number of carbonyl (C=O) groups is 1. The maximum absolute atomic E-state index is 13.3. The van der Waals surface area contributed by atoms with Crippen molar-refractivity contribution in [1.82, 2.24) is 5.32 Å². The molecular formula is C24H26N2O5S. The van der Waals surface area contributed by atoms with E-state index in [1.54, 1.807) is 42.5 Å². The van der Waals surface area contributed by atoms with Gasteiger partial charge < -0.3 is 14.8 Å². The second-order valence-corrected chi connectivity index (χ2v) is 8.74. The largest absolute Gasteiger partial charge is 0.497 e. The van der Waals surface area contributed by atoms with Gasteiger partial charge in [-0.1, -0.05) is 30.3 Å². The molecule has 0 unspecified atom stereocenters. The second kappa shape index (κ2) is 10.7. The summed E-state index contributed by atoms with van der Waals surface area (Å²) >= 11 is 0. The van der Waals surface area contributed by atoms with Crippen molar-refractivity contribution < 1.29 is 22.7 Å². The van der Waals surface area contributed by atoms with Gasteiger partial charge in [0, 0.05) is 6.54 Å². The summed E-state index contributed by atoms with van der Waals surface area (Å²) in [5.74, 6) is 0.835. The molecule has 0 aliphatic heterocycles. The van der Waals surface area contributed by atoms with Gasteiger partial charge in [-0.25, -0.2) is 8.42 Å². The zero-order valence-corrected chi connectivity index (χ0v) is 18.8. The predicted octanol–water partition coefficient (Wildman–Crippen LogP) is 3.61. The van der Waals surface area contributed by atoms with Crippen molar-refractivity contribution in [2.75, 3.05) is 24.6 Å². The van der Waals surface area contributed by atoms with Gasteiger partial charge in [-0.05, 0) is 61.0 Å². The molecule has 0 fully saturated rings. The van der Waals surface area contributed by atoms with Crippen LogP contribution in [0.4, 0.5) is 5.69 Å². The number of rotatable bonds is 10. The lowest BCUT2D eigenvalue weighted by molar-refractivity contribution is -0.119. The highest BCUT2D eigenvalue weighted by Crippen LogP contribution is 2.25. The first-order valence-corrected chi connectivity index (χ1v) is 11.6. The average Bonchev–Trinajstić information content (AvgIpc) is 2.82. The van der Waals surface area contributed by atoms with Crippen LogP contribution in [0.5, 0.6) is 11.5 Å². The van der Waals surface area contributed by atoms with Gasteiger partial charge >= 0.3 is 0 Å². The van der Waals surface area contributed by atoms with Crippen LogP contribution in [-0.2, 0) is 21.4 Å². The van der Waals surface area contributed by atoms with Crippen LogP contribution in [-0.4, -0.2) is 34.6 Å². The van der Waals surface area contributed by atoms with Crippen molar-refractivity contribution in [3.05, 3.63) is 84.4 Å². The summed E-state index contributed by atoms with van der Waals surface area (Å²) in [6.07, 6.45) is 0. The van der Waals surface area contributed by atoms with Crippen molar-refractivity contribution in [1.29, 1.82) is 0 Å². The Balaban J connectivity index is 1.79. The van der Waals surface area contributed by atoms with E-state index in [1.807, 2.05) is 31.2 Å². The van der Waals surface area contributed by atoms with Crippen molar-refractivity contribution >= 4 is 21.6 Å². The molecule has 7 nitrogen and oxygen atoms in total. The Labute approximate surface area is 188 Å². The van der Waals surface area contributed by atoms with Gasteiger partial charge in [-0.3, -0.25) is 9.10 Å². The van der Waals surface area contributed by atoms with Crippen molar-refractivity contribution in [3.63, 3.8) is 0 Å². The molecule has 1 N–H and O–H groups in total.